The normalized spacial score (nSPS) is 10.9. The third-order valence-corrected chi connectivity index (χ3v) is 3.72. The van der Waals surface area contributed by atoms with E-state index in [1.54, 1.807) is 47.4 Å². The molecule has 8 heteroatoms. The van der Waals surface area contributed by atoms with Crippen LogP contribution in [0.5, 0.6) is 0 Å². The monoisotopic (exact) mass is 338 g/mol. The van der Waals surface area contributed by atoms with Crippen LogP contribution < -0.4 is 5.32 Å². The molecule has 0 spiro atoms. The van der Waals surface area contributed by atoms with Crippen molar-refractivity contribution in [3.63, 3.8) is 0 Å². The third-order valence-electron chi connectivity index (χ3n) is 3.48. The molecule has 1 aromatic carbocycles. The van der Waals surface area contributed by atoms with Gasteiger partial charge in [-0.3, -0.25) is 14.3 Å². The molecule has 118 valence electrons. The van der Waals surface area contributed by atoms with Gasteiger partial charge in [0.1, 0.15) is 11.5 Å². The highest BCUT2D eigenvalue weighted by Gasteiger charge is 2.15. The second-order valence-electron chi connectivity index (χ2n) is 5.08. The molecule has 1 amide bonds. The molecule has 3 heterocycles. The third kappa shape index (κ3) is 2.61. The summed E-state index contributed by atoms with van der Waals surface area (Å²) in [5, 5.41) is 10.2. The number of nitrogens with zero attached hydrogens (tertiary/aromatic N) is 4. The van der Waals surface area contributed by atoms with Crippen molar-refractivity contribution < 1.29 is 4.79 Å². The van der Waals surface area contributed by atoms with E-state index in [0.717, 1.165) is 11.1 Å². The minimum absolute atomic E-state index is 0.264. The number of hydrogen-bond acceptors (Lipinski definition) is 4. The number of H-pyrrole nitrogens is 1. The molecule has 0 unspecified atom stereocenters. The summed E-state index contributed by atoms with van der Waals surface area (Å²) in [6.07, 6.45) is 6.65. The average Bonchev–Trinajstić information content (AvgIpc) is 3.21. The Morgan fingerprint density at radius 3 is 3.04 bits per heavy atom. The number of nitrogens with one attached hydrogen (secondary N) is 2. The molecule has 4 rings (SSSR count). The summed E-state index contributed by atoms with van der Waals surface area (Å²) < 4.78 is 1.68. The van der Waals surface area contributed by atoms with Crippen molar-refractivity contribution in [1.82, 2.24) is 24.6 Å². The highest BCUT2D eigenvalue weighted by molar-refractivity contribution is 6.30. The van der Waals surface area contributed by atoms with Gasteiger partial charge in [-0.1, -0.05) is 23.7 Å². The number of benzene rings is 1. The molecule has 3 aromatic heterocycles. The Kier molecular flexibility index (Phi) is 3.47. The maximum Gasteiger partial charge on any atom is 0.277 e. The van der Waals surface area contributed by atoms with Crippen LogP contribution >= 0.6 is 11.6 Å². The fourth-order valence-electron chi connectivity index (χ4n) is 2.37. The molecule has 0 aliphatic carbocycles. The molecule has 0 radical (unpaired) electrons. The van der Waals surface area contributed by atoms with E-state index in [1.807, 2.05) is 12.1 Å². The van der Waals surface area contributed by atoms with Crippen LogP contribution in [0.2, 0.25) is 5.02 Å². The lowest BCUT2D eigenvalue weighted by Crippen LogP contribution is -2.13. The van der Waals surface area contributed by atoms with Gasteiger partial charge in [-0.15, -0.1) is 0 Å². The van der Waals surface area contributed by atoms with Gasteiger partial charge in [0, 0.05) is 29.2 Å². The zero-order valence-electron chi connectivity index (χ0n) is 12.3. The van der Waals surface area contributed by atoms with E-state index in [1.165, 1.54) is 0 Å². The Morgan fingerprint density at radius 2 is 2.21 bits per heavy atom. The predicted octanol–water partition coefficient (Wildman–Crippen LogP) is 3.03. The molecule has 0 bridgehead atoms. The van der Waals surface area contributed by atoms with Gasteiger partial charge in [0.2, 0.25) is 5.78 Å². The summed E-state index contributed by atoms with van der Waals surface area (Å²) >= 11 is 6.02. The van der Waals surface area contributed by atoms with E-state index in [9.17, 15) is 4.79 Å². The first-order chi connectivity index (χ1) is 11.7. The van der Waals surface area contributed by atoms with E-state index in [0.29, 0.717) is 16.6 Å². The minimum atomic E-state index is -0.354. The maximum atomic E-state index is 12.4. The molecular formula is C16H11ClN6O. The smallest absolute Gasteiger partial charge is 0.277 e. The summed E-state index contributed by atoms with van der Waals surface area (Å²) in [6, 6.07) is 9.08. The van der Waals surface area contributed by atoms with Gasteiger partial charge in [-0.05, 0) is 23.8 Å². The number of imidazole rings is 1. The van der Waals surface area contributed by atoms with Crippen LogP contribution in [0, 0.1) is 0 Å². The van der Waals surface area contributed by atoms with Gasteiger partial charge in [0.25, 0.3) is 5.91 Å². The number of hydrogen-bond donors (Lipinski definition) is 2. The van der Waals surface area contributed by atoms with Crippen LogP contribution in [0.1, 0.15) is 10.5 Å². The van der Waals surface area contributed by atoms with E-state index in [2.05, 4.69) is 25.5 Å². The van der Waals surface area contributed by atoms with Gasteiger partial charge in [-0.2, -0.15) is 5.10 Å². The van der Waals surface area contributed by atoms with Gasteiger partial charge < -0.3 is 5.32 Å². The molecular weight excluding hydrogens is 328 g/mol. The van der Waals surface area contributed by atoms with Crippen LogP contribution in [0.4, 0.5) is 5.82 Å². The second-order valence-corrected chi connectivity index (χ2v) is 5.51. The molecule has 0 aliphatic heterocycles. The van der Waals surface area contributed by atoms with Crippen LogP contribution in [0.25, 0.3) is 16.9 Å². The van der Waals surface area contributed by atoms with Crippen LogP contribution in [0.15, 0.2) is 55.1 Å². The molecule has 7 nitrogen and oxygen atoms in total. The summed E-state index contributed by atoms with van der Waals surface area (Å²) in [5.74, 6) is 0.586. The van der Waals surface area contributed by atoms with E-state index in [-0.39, 0.29) is 11.6 Å². The molecule has 0 saturated heterocycles. The molecule has 2 N–H and O–H groups in total. The number of rotatable bonds is 3. The highest BCUT2D eigenvalue weighted by Crippen LogP contribution is 2.28. The summed E-state index contributed by atoms with van der Waals surface area (Å²) in [7, 11) is 0. The van der Waals surface area contributed by atoms with E-state index in [4.69, 9.17) is 11.6 Å². The lowest BCUT2D eigenvalue weighted by Gasteiger charge is -2.04. The lowest BCUT2D eigenvalue weighted by atomic mass is 10.1. The largest absolute Gasteiger partial charge is 0.305 e. The van der Waals surface area contributed by atoms with Crippen molar-refractivity contribution in [2.45, 2.75) is 0 Å². The molecule has 0 saturated carbocycles. The van der Waals surface area contributed by atoms with Crippen molar-refractivity contribution in [2.24, 2.45) is 0 Å². The Morgan fingerprint density at radius 1 is 1.29 bits per heavy atom. The summed E-state index contributed by atoms with van der Waals surface area (Å²) in [6.45, 7) is 0. The van der Waals surface area contributed by atoms with Crippen molar-refractivity contribution in [3.8, 4) is 11.1 Å². The molecule has 0 fully saturated rings. The predicted molar refractivity (Wildman–Crippen MR) is 90.0 cm³/mol. The quantitative estimate of drug-likeness (QED) is 0.601. The Labute approximate surface area is 141 Å². The first kappa shape index (κ1) is 14.4. The van der Waals surface area contributed by atoms with E-state index >= 15 is 0 Å². The van der Waals surface area contributed by atoms with Crippen LogP contribution in [0.3, 0.4) is 0 Å². The van der Waals surface area contributed by atoms with Gasteiger partial charge in [-0.25, -0.2) is 9.97 Å². The number of anilines is 1. The fraction of sp³-hybridized carbons (Fsp3) is 0. The first-order valence-electron chi connectivity index (χ1n) is 7.11. The van der Waals surface area contributed by atoms with Gasteiger partial charge in [0.15, 0.2) is 0 Å². The maximum absolute atomic E-state index is 12.4. The van der Waals surface area contributed by atoms with Crippen LogP contribution in [-0.2, 0) is 0 Å². The second kappa shape index (κ2) is 5.78. The molecule has 0 aliphatic rings. The number of aromatic nitrogens is 5. The molecule has 24 heavy (non-hydrogen) atoms. The van der Waals surface area contributed by atoms with Crippen molar-refractivity contribution in [3.05, 3.63) is 65.8 Å². The first-order valence-corrected chi connectivity index (χ1v) is 7.49. The lowest BCUT2D eigenvalue weighted by molar-refractivity contribution is 0.102. The number of amides is 1. The van der Waals surface area contributed by atoms with Gasteiger partial charge in [0.05, 0.1) is 6.20 Å². The minimum Gasteiger partial charge on any atom is -0.305 e. The average molecular weight is 339 g/mol. The Bertz CT molecular complexity index is 1000. The Hall–Kier alpha value is -3.19. The number of carbonyl (C=O) groups is 1. The molecule has 0 atom stereocenters. The Balaban J connectivity index is 1.64. The van der Waals surface area contributed by atoms with E-state index < -0.39 is 0 Å². The standard InChI is InChI=1S/C16H11ClN6O/c17-11-4-1-3-10(7-11)12-8-19-22-14(12)21-15(24)13-9-23-6-2-5-18-16(23)20-13/h1-9H,(H2,19,21,22,24). The SMILES string of the molecule is O=C(Nc1[nH]ncc1-c1cccc(Cl)c1)c1cn2cccnc2n1. The van der Waals surface area contributed by atoms with Gasteiger partial charge >= 0.3 is 0 Å². The van der Waals surface area contributed by atoms with Crippen molar-refractivity contribution in [2.75, 3.05) is 5.32 Å². The topological polar surface area (TPSA) is 88.0 Å². The van der Waals surface area contributed by atoms with Crippen LogP contribution in [-0.4, -0.2) is 30.5 Å². The number of halogens is 1. The highest BCUT2D eigenvalue weighted by atomic mass is 35.5. The molecule has 4 aromatic rings. The zero-order chi connectivity index (χ0) is 16.5. The number of fused-ring (bicyclic) bond motifs is 1. The summed E-state index contributed by atoms with van der Waals surface area (Å²) in [5.41, 5.74) is 1.86. The number of carbonyl (C=O) groups excluding carboxylic acids is 1. The van der Waals surface area contributed by atoms with Crippen molar-refractivity contribution in [1.29, 1.82) is 0 Å². The summed E-state index contributed by atoms with van der Waals surface area (Å²) in [4.78, 5) is 20.7. The zero-order valence-corrected chi connectivity index (χ0v) is 13.0. The number of aromatic amines is 1. The fourth-order valence-corrected chi connectivity index (χ4v) is 2.56. The van der Waals surface area contributed by atoms with Crippen molar-refractivity contribution >= 4 is 29.1 Å².